The molecule has 0 atom stereocenters. The Bertz CT molecular complexity index is 602. The molecule has 0 aromatic heterocycles. The van der Waals surface area contributed by atoms with Gasteiger partial charge < -0.3 is 9.64 Å². The molecule has 0 aliphatic carbocycles. The number of nitrogens with zero attached hydrogens (tertiary/aromatic N) is 2. The maximum absolute atomic E-state index is 12.5. The van der Waals surface area contributed by atoms with Gasteiger partial charge in [0.25, 0.3) is 0 Å². The molecule has 2 aromatic carbocycles. The minimum Gasteiger partial charge on any atom is -0.492 e. The Labute approximate surface area is 144 Å². The zero-order valence-corrected chi connectivity index (χ0v) is 14.5. The van der Waals surface area contributed by atoms with Gasteiger partial charge in [-0.05, 0) is 31.7 Å². The standard InChI is InChI=1S/C20H26N2O2/c1-3-22(16-18-10-6-4-7-11-18)20(23)17-21(2)14-15-24-19-12-8-5-9-13-19/h4-13H,3,14-17H2,1-2H3. The summed E-state index contributed by atoms with van der Waals surface area (Å²) in [5.74, 6) is 1.00. The molecule has 0 spiro atoms. The number of hydrogen-bond acceptors (Lipinski definition) is 3. The minimum atomic E-state index is 0.142. The Morgan fingerprint density at radius 3 is 2.25 bits per heavy atom. The summed E-state index contributed by atoms with van der Waals surface area (Å²) in [7, 11) is 1.95. The van der Waals surface area contributed by atoms with Gasteiger partial charge in [0.15, 0.2) is 0 Å². The van der Waals surface area contributed by atoms with E-state index in [1.165, 1.54) is 0 Å². The molecule has 24 heavy (non-hydrogen) atoms. The van der Waals surface area contributed by atoms with Crippen molar-refractivity contribution in [3.8, 4) is 5.75 Å². The SMILES string of the molecule is CCN(Cc1ccccc1)C(=O)CN(C)CCOc1ccccc1. The number of likely N-dealkylation sites (N-methyl/N-ethyl adjacent to an activating group) is 2. The summed E-state index contributed by atoms with van der Waals surface area (Å²) in [4.78, 5) is 16.3. The number of hydrogen-bond donors (Lipinski definition) is 0. The number of rotatable bonds is 9. The number of ether oxygens (including phenoxy) is 1. The summed E-state index contributed by atoms with van der Waals surface area (Å²) in [6.07, 6.45) is 0. The van der Waals surface area contributed by atoms with Gasteiger partial charge in [-0.15, -0.1) is 0 Å². The molecule has 0 radical (unpaired) electrons. The van der Waals surface area contributed by atoms with Crippen molar-refractivity contribution in [1.82, 2.24) is 9.80 Å². The van der Waals surface area contributed by atoms with Crippen molar-refractivity contribution in [1.29, 1.82) is 0 Å². The third kappa shape index (κ3) is 6.05. The number of carbonyl (C=O) groups is 1. The molecule has 0 heterocycles. The Kier molecular flexibility index (Phi) is 7.30. The van der Waals surface area contributed by atoms with Crippen molar-refractivity contribution >= 4 is 5.91 Å². The zero-order valence-electron chi connectivity index (χ0n) is 14.5. The molecule has 0 aliphatic heterocycles. The lowest BCUT2D eigenvalue weighted by Crippen LogP contribution is -2.39. The number of para-hydroxylation sites is 1. The van der Waals surface area contributed by atoms with Gasteiger partial charge in [0, 0.05) is 19.6 Å². The van der Waals surface area contributed by atoms with Gasteiger partial charge in [-0.2, -0.15) is 0 Å². The number of amides is 1. The minimum absolute atomic E-state index is 0.142. The maximum atomic E-state index is 12.5. The van der Waals surface area contributed by atoms with Crippen LogP contribution in [0.5, 0.6) is 5.75 Å². The molecule has 0 N–H and O–H groups in total. The van der Waals surface area contributed by atoms with Crippen LogP contribution in [0.2, 0.25) is 0 Å². The summed E-state index contributed by atoms with van der Waals surface area (Å²) in [5.41, 5.74) is 1.16. The number of benzene rings is 2. The first-order valence-corrected chi connectivity index (χ1v) is 8.37. The molecule has 2 aromatic rings. The molecule has 1 amide bonds. The molecule has 0 saturated carbocycles. The van der Waals surface area contributed by atoms with Gasteiger partial charge in [-0.25, -0.2) is 0 Å². The average molecular weight is 326 g/mol. The van der Waals surface area contributed by atoms with Crippen LogP contribution in [-0.2, 0) is 11.3 Å². The third-order valence-electron chi connectivity index (χ3n) is 3.84. The Hall–Kier alpha value is -2.33. The maximum Gasteiger partial charge on any atom is 0.237 e. The van der Waals surface area contributed by atoms with Crippen LogP contribution < -0.4 is 4.74 Å². The first-order chi connectivity index (χ1) is 11.7. The fraction of sp³-hybridized carbons (Fsp3) is 0.350. The molecule has 0 bridgehead atoms. The Morgan fingerprint density at radius 2 is 1.62 bits per heavy atom. The topological polar surface area (TPSA) is 32.8 Å². The Morgan fingerprint density at radius 1 is 1.00 bits per heavy atom. The van der Waals surface area contributed by atoms with Crippen molar-refractivity contribution < 1.29 is 9.53 Å². The van der Waals surface area contributed by atoms with Crippen LogP contribution in [0.3, 0.4) is 0 Å². The van der Waals surface area contributed by atoms with Crippen LogP contribution >= 0.6 is 0 Å². The predicted octanol–water partition coefficient (Wildman–Crippen LogP) is 3.05. The summed E-state index contributed by atoms with van der Waals surface area (Å²) in [6, 6.07) is 19.8. The first kappa shape index (κ1) is 18.0. The molecule has 0 unspecified atom stereocenters. The molecular weight excluding hydrogens is 300 g/mol. The van der Waals surface area contributed by atoms with Crippen molar-refractivity contribution in [3.63, 3.8) is 0 Å². The molecule has 0 aliphatic rings. The summed E-state index contributed by atoms with van der Waals surface area (Å²) in [5, 5.41) is 0. The summed E-state index contributed by atoms with van der Waals surface area (Å²) >= 11 is 0. The highest BCUT2D eigenvalue weighted by Crippen LogP contribution is 2.08. The normalized spacial score (nSPS) is 10.6. The summed E-state index contributed by atoms with van der Waals surface area (Å²) < 4.78 is 5.67. The van der Waals surface area contributed by atoms with Crippen molar-refractivity contribution in [2.75, 3.05) is 33.3 Å². The second kappa shape index (κ2) is 9.73. The van der Waals surface area contributed by atoms with Gasteiger partial charge in [0.1, 0.15) is 12.4 Å². The van der Waals surface area contributed by atoms with E-state index in [1.807, 2.05) is 84.4 Å². The molecule has 2 rings (SSSR count). The van der Waals surface area contributed by atoms with Crippen molar-refractivity contribution in [2.24, 2.45) is 0 Å². The van der Waals surface area contributed by atoms with Gasteiger partial charge in [-0.3, -0.25) is 9.69 Å². The van der Waals surface area contributed by atoms with E-state index in [0.717, 1.165) is 11.3 Å². The van der Waals surface area contributed by atoms with E-state index in [2.05, 4.69) is 0 Å². The van der Waals surface area contributed by atoms with E-state index >= 15 is 0 Å². The van der Waals surface area contributed by atoms with E-state index in [-0.39, 0.29) is 5.91 Å². The fourth-order valence-corrected chi connectivity index (χ4v) is 2.43. The fourth-order valence-electron chi connectivity index (χ4n) is 2.43. The van der Waals surface area contributed by atoms with Crippen LogP contribution in [-0.4, -0.2) is 49.0 Å². The van der Waals surface area contributed by atoms with Gasteiger partial charge >= 0.3 is 0 Å². The average Bonchev–Trinajstić information content (AvgIpc) is 2.61. The lowest BCUT2D eigenvalue weighted by molar-refractivity contribution is -0.132. The van der Waals surface area contributed by atoms with E-state index in [1.54, 1.807) is 0 Å². The molecule has 0 saturated heterocycles. The largest absolute Gasteiger partial charge is 0.492 e. The molecule has 128 valence electrons. The third-order valence-corrected chi connectivity index (χ3v) is 3.84. The summed E-state index contributed by atoms with van der Waals surface area (Å²) in [6.45, 7) is 5.06. The highest BCUT2D eigenvalue weighted by molar-refractivity contribution is 5.78. The van der Waals surface area contributed by atoms with E-state index in [4.69, 9.17) is 4.74 Å². The second-order valence-electron chi connectivity index (χ2n) is 5.79. The number of carbonyl (C=O) groups excluding carboxylic acids is 1. The van der Waals surface area contributed by atoms with Gasteiger partial charge in [-0.1, -0.05) is 48.5 Å². The van der Waals surface area contributed by atoms with E-state index in [9.17, 15) is 4.79 Å². The van der Waals surface area contributed by atoms with Crippen LogP contribution in [0.1, 0.15) is 12.5 Å². The van der Waals surface area contributed by atoms with E-state index < -0.39 is 0 Å². The smallest absolute Gasteiger partial charge is 0.237 e. The van der Waals surface area contributed by atoms with Crippen molar-refractivity contribution in [3.05, 3.63) is 66.2 Å². The lowest BCUT2D eigenvalue weighted by atomic mass is 10.2. The van der Waals surface area contributed by atoms with E-state index in [0.29, 0.717) is 32.8 Å². The first-order valence-electron chi connectivity index (χ1n) is 8.37. The van der Waals surface area contributed by atoms with Crippen LogP contribution in [0.4, 0.5) is 0 Å². The van der Waals surface area contributed by atoms with Gasteiger partial charge in [0.2, 0.25) is 5.91 Å². The van der Waals surface area contributed by atoms with Crippen LogP contribution in [0.25, 0.3) is 0 Å². The molecule has 4 heteroatoms. The van der Waals surface area contributed by atoms with Crippen LogP contribution in [0.15, 0.2) is 60.7 Å². The highest BCUT2D eigenvalue weighted by atomic mass is 16.5. The molecular formula is C20H26N2O2. The molecule has 0 fully saturated rings. The van der Waals surface area contributed by atoms with Crippen molar-refractivity contribution in [2.45, 2.75) is 13.5 Å². The zero-order chi connectivity index (χ0) is 17.2. The van der Waals surface area contributed by atoms with Crippen LogP contribution in [0, 0.1) is 0 Å². The second-order valence-corrected chi connectivity index (χ2v) is 5.79. The monoisotopic (exact) mass is 326 g/mol. The van der Waals surface area contributed by atoms with Gasteiger partial charge in [0.05, 0.1) is 6.54 Å². The Balaban J connectivity index is 1.75. The lowest BCUT2D eigenvalue weighted by Gasteiger charge is -2.24. The predicted molar refractivity (Wildman–Crippen MR) is 97.0 cm³/mol. The molecule has 4 nitrogen and oxygen atoms in total. The highest BCUT2D eigenvalue weighted by Gasteiger charge is 2.14. The quantitative estimate of drug-likeness (QED) is 0.710.